The predicted octanol–water partition coefficient (Wildman–Crippen LogP) is 2.05. The third-order valence-corrected chi connectivity index (χ3v) is 3.73. The van der Waals surface area contributed by atoms with Gasteiger partial charge in [-0.2, -0.15) is 5.10 Å². The summed E-state index contributed by atoms with van der Waals surface area (Å²) >= 11 is 0. The number of hydrogen-bond donors (Lipinski definition) is 2. The minimum Gasteiger partial charge on any atom is -0.469 e. The van der Waals surface area contributed by atoms with Crippen molar-refractivity contribution in [3.8, 4) is 0 Å². The van der Waals surface area contributed by atoms with E-state index in [-0.39, 0.29) is 29.9 Å². The molecule has 7 nitrogen and oxygen atoms in total. The quantitative estimate of drug-likeness (QED) is 0.208. The summed E-state index contributed by atoms with van der Waals surface area (Å²) < 4.78 is 6.51. The van der Waals surface area contributed by atoms with Crippen LogP contribution >= 0.6 is 24.0 Å². The van der Waals surface area contributed by atoms with Crippen molar-refractivity contribution in [1.82, 2.24) is 20.4 Å². The van der Waals surface area contributed by atoms with Crippen LogP contribution in [0.25, 0.3) is 0 Å². The topological polar surface area (TPSA) is 80.5 Å². The Hall–Kier alpha value is -1.32. The molecule has 1 aromatic rings. The summed E-state index contributed by atoms with van der Waals surface area (Å²) in [7, 11) is 3.36. The van der Waals surface area contributed by atoms with Crippen LogP contribution in [-0.2, 0) is 23.1 Å². The highest BCUT2D eigenvalue weighted by Crippen LogP contribution is 2.12. The molecule has 0 spiro atoms. The van der Waals surface area contributed by atoms with Crippen LogP contribution in [-0.4, -0.2) is 41.9 Å². The molecule has 0 atom stereocenters. The maximum absolute atomic E-state index is 11.0. The maximum atomic E-state index is 11.0. The zero-order valence-corrected chi connectivity index (χ0v) is 17.6. The minimum absolute atomic E-state index is 0. The summed E-state index contributed by atoms with van der Waals surface area (Å²) in [4.78, 5) is 15.7. The van der Waals surface area contributed by atoms with Crippen molar-refractivity contribution in [2.24, 2.45) is 12.0 Å². The van der Waals surface area contributed by atoms with E-state index < -0.39 is 0 Å². The average molecular weight is 451 g/mol. The average Bonchev–Trinajstić information content (AvgIpc) is 2.77. The number of hydrogen-bond acceptors (Lipinski definition) is 4. The van der Waals surface area contributed by atoms with Crippen LogP contribution in [0.2, 0.25) is 0 Å². The highest BCUT2D eigenvalue weighted by atomic mass is 127. The normalized spacial score (nSPS) is 11.0. The number of aromatic nitrogens is 2. The van der Waals surface area contributed by atoms with Gasteiger partial charge < -0.3 is 15.4 Å². The lowest BCUT2D eigenvalue weighted by molar-refractivity contribution is -0.140. The Balaban J connectivity index is 0.00000529. The second kappa shape index (κ2) is 12.1. The first-order chi connectivity index (χ1) is 11.0. The SMILES string of the molecule is CCNC(=NCc1c(C)nn(C)c1C)NCCCCC(=O)OC.I. The van der Waals surface area contributed by atoms with Gasteiger partial charge in [-0.05, 0) is 33.6 Å². The van der Waals surface area contributed by atoms with Crippen molar-refractivity contribution in [1.29, 1.82) is 0 Å². The number of ether oxygens (including phenoxy) is 1. The first-order valence-corrected chi connectivity index (χ1v) is 8.07. The van der Waals surface area contributed by atoms with Crippen LogP contribution in [0.1, 0.15) is 43.1 Å². The lowest BCUT2D eigenvalue weighted by Gasteiger charge is -2.11. The Morgan fingerprint density at radius 2 is 2.00 bits per heavy atom. The van der Waals surface area contributed by atoms with Gasteiger partial charge in [-0.15, -0.1) is 24.0 Å². The molecule has 2 N–H and O–H groups in total. The first kappa shape index (κ1) is 22.7. The predicted molar refractivity (Wildman–Crippen MR) is 107 cm³/mol. The number of guanidine groups is 1. The highest BCUT2D eigenvalue weighted by molar-refractivity contribution is 14.0. The monoisotopic (exact) mass is 451 g/mol. The van der Waals surface area contributed by atoms with Crippen molar-refractivity contribution >= 4 is 35.9 Å². The number of methoxy groups -OCH3 is 1. The molecule has 1 rings (SSSR count). The van der Waals surface area contributed by atoms with Gasteiger partial charge in [-0.25, -0.2) is 4.99 Å². The lowest BCUT2D eigenvalue weighted by Crippen LogP contribution is -2.37. The van der Waals surface area contributed by atoms with E-state index in [4.69, 9.17) is 0 Å². The third-order valence-electron chi connectivity index (χ3n) is 3.73. The van der Waals surface area contributed by atoms with Crippen molar-refractivity contribution in [3.05, 3.63) is 17.0 Å². The minimum atomic E-state index is -0.159. The van der Waals surface area contributed by atoms with Crippen molar-refractivity contribution in [3.63, 3.8) is 0 Å². The van der Waals surface area contributed by atoms with Gasteiger partial charge >= 0.3 is 5.97 Å². The first-order valence-electron chi connectivity index (χ1n) is 8.07. The molecule has 24 heavy (non-hydrogen) atoms. The van der Waals surface area contributed by atoms with Crippen LogP contribution in [0.3, 0.4) is 0 Å². The van der Waals surface area contributed by atoms with Gasteiger partial charge in [0.15, 0.2) is 5.96 Å². The summed E-state index contributed by atoms with van der Waals surface area (Å²) in [6.45, 7) is 8.27. The van der Waals surface area contributed by atoms with E-state index in [1.54, 1.807) is 0 Å². The molecule has 0 fully saturated rings. The Labute approximate surface area is 161 Å². The van der Waals surface area contributed by atoms with E-state index in [0.717, 1.165) is 48.8 Å². The van der Waals surface area contributed by atoms with E-state index in [1.165, 1.54) is 7.11 Å². The summed E-state index contributed by atoms with van der Waals surface area (Å²) in [5.74, 6) is 0.626. The summed E-state index contributed by atoms with van der Waals surface area (Å²) in [5.41, 5.74) is 3.32. The molecular formula is C16H30IN5O2. The largest absolute Gasteiger partial charge is 0.469 e. The van der Waals surface area contributed by atoms with Gasteiger partial charge in [0.05, 0.1) is 19.3 Å². The number of aryl methyl sites for hydroxylation is 2. The molecule has 138 valence electrons. The number of rotatable bonds is 8. The van der Waals surface area contributed by atoms with Gasteiger partial charge in [0.1, 0.15) is 0 Å². The van der Waals surface area contributed by atoms with E-state index in [9.17, 15) is 4.79 Å². The number of nitrogens with zero attached hydrogens (tertiary/aromatic N) is 3. The van der Waals surface area contributed by atoms with Crippen LogP contribution in [0.5, 0.6) is 0 Å². The van der Waals surface area contributed by atoms with Crippen LogP contribution in [0.4, 0.5) is 0 Å². The zero-order chi connectivity index (χ0) is 17.2. The van der Waals surface area contributed by atoms with Crippen molar-refractivity contribution in [2.75, 3.05) is 20.2 Å². The molecule has 0 aliphatic rings. The van der Waals surface area contributed by atoms with Gasteiger partial charge in [0.25, 0.3) is 0 Å². The molecule has 1 aromatic heterocycles. The Morgan fingerprint density at radius 1 is 1.29 bits per heavy atom. The van der Waals surface area contributed by atoms with Crippen LogP contribution in [0, 0.1) is 13.8 Å². The second-order valence-corrected chi connectivity index (χ2v) is 5.43. The lowest BCUT2D eigenvalue weighted by atomic mass is 10.2. The smallest absolute Gasteiger partial charge is 0.305 e. The molecule has 0 aromatic carbocycles. The Morgan fingerprint density at radius 3 is 2.54 bits per heavy atom. The summed E-state index contributed by atoms with van der Waals surface area (Å²) in [6, 6.07) is 0. The second-order valence-electron chi connectivity index (χ2n) is 5.43. The number of carbonyl (C=O) groups is 1. The molecular weight excluding hydrogens is 421 g/mol. The highest BCUT2D eigenvalue weighted by Gasteiger charge is 2.09. The number of aliphatic imine (C=N–C) groups is 1. The van der Waals surface area contributed by atoms with Crippen LogP contribution in [0.15, 0.2) is 4.99 Å². The fourth-order valence-electron chi connectivity index (χ4n) is 2.25. The third kappa shape index (κ3) is 7.50. The molecule has 0 saturated carbocycles. The van der Waals surface area contributed by atoms with E-state index >= 15 is 0 Å². The number of halogens is 1. The standard InChI is InChI=1S/C16H29N5O2.HI/c1-6-17-16(18-10-8-7-9-15(22)23-5)19-11-14-12(2)20-21(4)13(14)3;/h6-11H2,1-5H3,(H2,17,18,19);1H. The molecule has 8 heteroatoms. The number of nitrogens with one attached hydrogen (secondary N) is 2. The number of esters is 1. The molecule has 0 unspecified atom stereocenters. The number of carbonyl (C=O) groups excluding carboxylic acids is 1. The molecule has 0 saturated heterocycles. The fraction of sp³-hybridized carbons (Fsp3) is 0.688. The van der Waals surface area contributed by atoms with Crippen molar-refractivity contribution in [2.45, 2.75) is 46.6 Å². The van der Waals surface area contributed by atoms with Gasteiger partial charge in [0.2, 0.25) is 0 Å². The molecule has 1 heterocycles. The molecule has 0 radical (unpaired) electrons. The van der Waals surface area contributed by atoms with Gasteiger partial charge in [0, 0.05) is 37.8 Å². The van der Waals surface area contributed by atoms with E-state index in [0.29, 0.717) is 13.0 Å². The molecule has 0 amide bonds. The van der Waals surface area contributed by atoms with Crippen LogP contribution < -0.4 is 10.6 Å². The number of unbranched alkanes of at least 4 members (excludes halogenated alkanes) is 1. The van der Waals surface area contributed by atoms with Crippen molar-refractivity contribution < 1.29 is 9.53 Å². The fourth-order valence-corrected chi connectivity index (χ4v) is 2.25. The Bertz CT molecular complexity index is 543. The van der Waals surface area contributed by atoms with E-state index in [2.05, 4.69) is 32.4 Å². The molecule has 0 aliphatic heterocycles. The van der Waals surface area contributed by atoms with E-state index in [1.807, 2.05) is 25.6 Å². The summed E-state index contributed by atoms with van der Waals surface area (Å²) in [5, 5.41) is 10.9. The maximum Gasteiger partial charge on any atom is 0.305 e. The Kier molecular flexibility index (Phi) is 11.4. The van der Waals surface area contributed by atoms with Gasteiger partial charge in [-0.3, -0.25) is 9.48 Å². The van der Waals surface area contributed by atoms with Gasteiger partial charge in [-0.1, -0.05) is 0 Å². The molecule has 0 aliphatic carbocycles. The summed E-state index contributed by atoms with van der Waals surface area (Å²) in [6.07, 6.45) is 2.16. The molecule has 0 bridgehead atoms. The zero-order valence-electron chi connectivity index (χ0n) is 15.3.